The van der Waals surface area contributed by atoms with E-state index in [0.29, 0.717) is 51.1 Å². The lowest BCUT2D eigenvalue weighted by molar-refractivity contribution is -0.119. The highest BCUT2D eigenvalue weighted by molar-refractivity contribution is 7.90. The van der Waals surface area contributed by atoms with Gasteiger partial charge in [0, 0.05) is 62.4 Å². The highest BCUT2D eigenvalue weighted by atomic mass is 32.2. The molecule has 2 aliphatic carbocycles. The Bertz CT molecular complexity index is 1500. The van der Waals surface area contributed by atoms with E-state index in [1.165, 1.54) is 0 Å². The second-order valence-corrected chi connectivity index (χ2v) is 13.5. The number of pyridine rings is 1. The van der Waals surface area contributed by atoms with Crippen molar-refractivity contribution >= 4 is 32.7 Å². The quantitative estimate of drug-likeness (QED) is 0.459. The molecule has 0 unspecified atom stereocenters. The zero-order valence-electron chi connectivity index (χ0n) is 22.1. The Hall–Kier alpha value is -3.18. The molecule has 1 aromatic carbocycles. The van der Waals surface area contributed by atoms with Crippen LogP contribution >= 0.6 is 0 Å². The molecule has 4 fully saturated rings. The Morgan fingerprint density at radius 3 is 2.44 bits per heavy atom. The highest BCUT2D eigenvalue weighted by Crippen LogP contribution is 2.40. The standard InChI is InChI=1S/C28H34N6O4S/c1-18(20-14-26(35)29-16-20)38-28-27-25(30-17-34(27)22-6-7-22)15-24(31-28)19-2-4-21(5-3-19)32-10-12-33(13-11-32)39(36,37)23-8-9-23/h2-5,15,17-18,20,22-23H,6-14,16H2,1H3,(H,29,35)/t18-,20-/m1/s1. The molecule has 3 aromatic rings. The maximum absolute atomic E-state index is 12.6. The van der Waals surface area contributed by atoms with Gasteiger partial charge >= 0.3 is 0 Å². The molecule has 11 heteroatoms. The number of fused-ring (bicyclic) bond motifs is 1. The predicted octanol–water partition coefficient (Wildman–Crippen LogP) is 2.95. The third-order valence-corrected chi connectivity index (χ3v) is 10.9. The lowest BCUT2D eigenvalue weighted by Crippen LogP contribution is -2.49. The number of nitrogens with zero attached hydrogens (tertiary/aromatic N) is 5. The molecule has 2 aliphatic heterocycles. The van der Waals surface area contributed by atoms with Crippen molar-refractivity contribution < 1.29 is 17.9 Å². The minimum atomic E-state index is -3.12. The zero-order valence-corrected chi connectivity index (χ0v) is 22.9. The number of ether oxygens (including phenoxy) is 1. The third kappa shape index (κ3) is 4.75. The Morgan fingerprint density at radius 2 is 1.79 bits per heavy atom. The van der Waals surface area contributed by atoms with Crippen molar-refractivity contribution in [2.24, 2.45) is 5.92 Å². The topological polar surface area (TPSA) is 110 Å². The number of carbonyl (C=O) groups excluding carboxylic acids is 1. The number of amides is 1. The number of piperazine rings is 1. The summed E-state index contributed by atoms with van der Waals surface area (Å²) in [4.78, 5) is 23.7. The smallest absolute Gasteiger partial charge is 0.241 e. The van der Waals surface area contributed by atoms with E-state index in [1.54, 1.807) is 4.31 Å². The van der Waals surface area contributed by atoms with Crippen LogP contribution in [0, 0.1) is 5.92 Å². The molecule has 39 heavy (non-hydrogen) atoms. The van der Waals surface area contributed by atoms with Gasteiger partial charge in [-0.15, -0.1) is 0 Å². The number of hydrogen-bond donors (Lipinski definition) is 1. The summed E-state index contributed by atoms with van der Waals surface area (Å²) in [6.45, 7) is 5.05. The molecule has 10 nitrogen and oxygen atoms in total. The molecular formula is C28H34N6O4S. The first-order valence-electron chi connectivity index (χ1n) is 14.0. The summed E-state index contributed by atoms with van der Waals surface area (Å²) in [5.41, 5.74) is 4.60. The molecule has 2 aromatic heterocycles. The molecule has 2 atom stereocenters. The van der Waals surface area contributed by atoms with Crippen LogP contribution in [-0.4, -0.2) is 77.2 Å². The molecule has 2 saturated heterocycles. The van der Waals surface area contributed by atoms with Crippen LogP contribution in [0.4, 0.5) is 5.69 Å². The molecule has 0 radical (unpaired) electrons. The van der Waals surface area contributed by atoms with Crippen LogP contribution in [0.25, 0.3) is 22.3 Å². The van der Waals surface area contributed by atoms with Crippen molar-refractivity contribution in [2.75, 3.05) is 37.6 Å². The van der Waals surface area contributed by atoms with Gasteiger partial charge in [0.1, 0.15) is 11.6 Å². The summed E-state index contributed by atoms with van der Waals surface area (Å²) in [5, 5.41) is 2.75. The largest absolute Gasteiger partial charge is 0.473 e. The molecule has 7 rings (SSSR count). The number of aromatic nitrogens is 3. The molecule has 1 N–H and O–H groups in total. The van der Waals surface area contributed by atoms with E-state index in [4.69, 9.17) is 14.7 Å². The van der Waals surface area contributed by atoms with Crippen LogP contribution in [0.5, 0.6) is 5.88 Å². The van der Waals surface area contributed by atoms with Gasteiger partial charge in [0.2, 0.25) is 21.8 Å². The number of anilines is 1. The average Bonchev–Trinajstić information content (AvgIpc) is 3.89. The Morgan fingerprint density at radius 1 is 1.05 bits per heavy atom. The van der Waals surface area contributed by atoms with E-state index >= 15 is 0 Å². The minimum Gasteiger partial charge on any atom is -0.473 e. The molecule has 4 aliphatic rings. The monoisotopic (exact) mass is 550 g/mol. The molecule has 1 amide bonds. The molecule has 0 bridgehead atoms. The molecule has 2 saturated carbocycles. The third-order valence-electron chi connectivity index (χ3n) is 8.50. The summed E-state index contributed by atoms with van der Waals surface area (Å²) in [7, 11) is -3.12. The van der Waals surface area contributed by atoms with Crippen molar-refractivity contribution in [2.45, 2.75) is 56.4 Å². The van der Waals surface area contributed by atoms with Gasteiger partial charge in [-0.05, 0) is 50.8 Å². The highest BCUT2D eigenvalue weighted by Gasteiger charge is 2.41. The van der Waals surface area contributed by atoms with Crippen LogP contribution in [0.1, 0.15) is 45.1 Å². The first-order valence-corrected chi connectivity index (χ1v) is 15.5. The van der Waals surface area contributed by atoms with Gasteiger partial charge in [0.25, 0.3) is 0 Å². The van der Waals surface area contributed by atoms with Gasteiger partial charge < -0.3 is 19.5 Å². The summed E-state index contributed by atoms with van der Waals surface area (Å²) >= 11 is 0. The molecule has 206 valence electrons. The first kappa shape index (κ1) is 24.8. The molecule has 4 heterocycles. The number of imidazole rings is 1. The minimum absolute atomic E-state index is 0.0661. The lowest BCUT2D eigenvalue weighted by atomic mass is 10.0. The lowest BCUT2D eigenvalue weighted by Gasteiger charge is -2.35. The predicted molar refractivity (Wildman–Crippen MR) is 148 cm³/mol. The van der Waals surface area contributed by atoms with E-state index in [0.717, 1.165) is 53.7 Å². The van der Waals surface area contributed by atoms with Gasteiger partial charge in [0.05, 0.1) is 22.8 Å². The van der Waals surface area contributed by atoms with Gasteiger partial charge in [-0.25, -0.2) is 18.4 Å². The molecule has 0 spiro atoms. The van der Waals surface area contributed by atoms with Crippen LogP contribution in [-0.2, 0) is 14.8 Å². The summed E-state index contributed by atoms with van der Waals surface area (Å²) in [5.74, 6) is 0.738. The van der Waals surface area contributed by atoms with Crippen LogP contribution in [0.15, 0.2) is 36.7 Å². The van der Waals surface area contributed by atoms with E-state index < -0.39 is 10.0 Å². The second kappa shape index (κ2) is 9.48. The maximum Gasteiger partial charge on any atom is 0.241 e. The Labute approximate surface area is 228 Å². The SMILES string of the molecule is C[C@@H](Oc1nc(-c2ccc(N3CCN(S(=O)(=O)C4CC4)CC3)cc2)cc2ncn(C3CC3)c12)[C@H]1CNC(=O)C1. The van der Waals surface area contributed by atoms with Gasteiger partial charge in [-0.3, -0.25) is 4.79 Å². The van der Waals surface area contributed by atoms with E-state index in [1.807, 2.05) is 19.3 Å². The van der Waals surface area contributed by atoms with Crippen molar-refractivity contribution in [3.8, 4) is 17.1 Å². The van der Waals surface area contributed by atoms with Gasteiger partial charge in [0.15, 0.2) is 0 Å². The Balaban J connectivity index is 1.12. The number of rotatable bonds is 8. The van der Waals surface area contributed by atoms with Crippen molar-refractivity contribution in [3.05, 3.63) is 36.7 Å². The fourth-order valence-electron chi connectivity index (χ4n) is 5.74. The van der Waals surface area contributed by atoms with Crippen LogP contribution in [0.2, 0.25) is 0 Å². The van der Waals surface area contributed by atoms with Crippen molar-refractivity contribution in [1.82, 2.24) is 24.2 Å². The molecular weight excluding hydrogens is 516 g/mol. The number of carbonyl (C=O) groups is 1. The number of nitrogens with one attached hydrogen (secondary N) is 1. The fraction of sp³-hybridized carbons (Fsp3) is 0.536. The van der Waals surface area contributed by atoms with Crippen molar-refractivity contribution in [1.29, 1.82) is 0 Å². The van der Waals surface area contributed by atoms with Crippen molar-refractivity contribution in [3.63, 3.8) is 0 Å². The summed E-state index contributed by atoms with van der Waals surface area (Å²) in [6.07, 6.45) is 6.05. The van der Waals surface area contributed by atoms with Gasteiger partial charge in [-0.2, -0.15) is 4.31 Å². The Kier molecular flexibility index (Phi) is 6.04. The van der Waals surface area contributed by atoms with E-state index in [2.05, 4.69) is 39.0 Å². The fourth-order valence-corrected chi connectivity index (χ4v) is 7.56. The number of sulfonamides is 1. The van der Waals surface area contributed by atoms with Crippen LogP contribution in [0.3, 0.4) is 0 Å². The number of benzene rings is 1. The second-order valence-electron chi connectivity index (χ2n) is 11.3. The van der Waals surface area contributed by atoms with Gasteiger partial charge in [-0.1, -0.05) is 12.1 Å². The average molecular weight is 551 g/mol. The van der Waals surface area contributed by atoms with Crippen LogP contribution < -0.4 is 15.0 Å². The zero-order chi connectivity index (χ0) is 26.7. The van der Waals surface area contributed by atoms with E-state index in [-0.39, 0.29) is 23.2 Å². The first-order chi connectivity index (χ1) is 18.9. The number of hydrogen-bond acceptors (Lipinski definition) is 7. The van der Waals surface area contributed by atoms with E-state index in [9.17, 15) is 13.2 Å². The maximum atomic E-state index is 12.6. The normalized spacial score (nSPS) is 23.3. The summed E-state index contributed by atoms with van der Waals surface area (Å²) < 4.78 is 35.4. The summed E-state index contributed by atoms with van der Waals surface area (Å²) in [6, 6.07) is 10.7.